The largest absolute Gasteiger partial charge is 0.497 e. The number of carbonyl (C=O) groups excluding carboxylic acids is 1. The number of aromatic nitrogens is 2. The number of methoxy groups -OCH3 is 1. The standard InChI is InChI=1S/C20H22N4O3/c1-23(12-14-6-5-7-15(10-14)27-2)19(25)13-24-20(26)17(11-21)16-8-3-4-9-18(16)22-24/h5-7,10H,3-4,8-9,12-13H2,1-2H3. The van der Waals surface area contributed by atoms with Gasteiger partial charge in [0.25, 0.3) is 5.56 Å². The fourth-order valence-corrected chi connectivity index (χ4v) is 3.32. The molecule has 0 fully saturated rings. The minimum absolute atomic E-state index is 0.128. The average Bonchev–Trinajstić information content (AvgIpc) is 2.68. The highest BCUT2D eigenvalue weighted by Crippen LogP contribution is 2.20. The Morgan fingerprint density at radius 3 is 2.89 bits per heavy atom. The van der Waals surface area contributed by atoms with Gasteiger partial charge in [-0.1, -0.05) is 12.1 Å². The van der Waals surface area contributed by atoms with Crippen molar-refractivity contribution >= 4 is 5.91 Å². The van der Waals surface area contributed by atoms with Crippen LogP contribution in [0.4, 0.5) is 0 Å². The van der Waals surface area contributed by atoms with Crippen molar-refractivity contribution in [2.45, 2.75) is 38.8 Å². The number of nitrogens with zero attached hydrogens (tertiary/aromatic N) is 4. The maximum Gasteiger partial charge on any atom is 0.285 e. The molecule has 0 saturated heterocycles. The first-order valence-corrected chi connectivity index (χ1v) is 8.93. The van der Waals surface area contributed by atoms with Crippen LogP contribution in [-0.2, 0) is 30.7 Å². The average molecular weight is 366 g/mol. The Labute approximate surface area is 157 Å². The van der Waals surface area contributed by atoms with Gasteiger partial charge in [0.1, 0.15) is 23.9 Å². The van der Waals surface area contributed by atoms with E-state index in [9.17, 15) is 14.9 Å². The first kappa shape index (κ1) is 18.6. The van der Waals surface area contributed by atoms with Crippen molar-refractivity contribution in [3.8, 4) is 11.8 Å². The second kappa shape index (κ2) is 8.04. The molecule has 0 saturated carbocycles. The summed E-state index contributed by atoms with van der Waals surface area (Å²) in [6.07, 6.45) is 3.37. The van der Waals surface area contributed by atoms with Gasteiger partial charge in [-0.25, -0.2) is 4.68 Å². The van der Waals surface area contributed by atoms with Crippen LogP contribution in [0.3, 0.4) is 0 Å². The van der Waals surface area contributed by atoms with E-state index in [0.29, 0.717) is 13.0 Å². The number of likely N-dealkylation sites (N-methyl/N-ethyl adjacent to an activating group) is 1. The minimum atomic E-state index is -0.485. The lowest BCUT2D eigenvalue weighted by atomic mass is 9.93. The van der Waals surface area contributed by atoms with Gasteiger partial charge in [-0.05, 0) is 48.9 Å². The van der Waals surface area contributed by atoms with Gasteiger partial charge >= 0.3 is 0 Å². The Balaban J connectivity index is 1.79. The summed E-state index contributed by atoms with van der Waals surface area (Å²) in [7, 11) is 3.27. The predicted octanol–water partition coefficient (Wildman–Crippen LogP) is 1.66. The van der Waals surface area contributed by atoms with Gasteiger partial charge in [-0.3, -0.25) is 9.59 Å². The van der Waals surface area contributed by atoms with Crippen molar-refractivity contribution in [1.82, 2.24) is 14.7 Å². The third kappa shape index (κ3) is 4.00. The zero-order valence-corrected chi connectivity index (χ0v) is 15.6. The van der Waals surface area contributed by atoms with Crippen LogP contribution in [-0.4, -0.2) is 34.7 Å². The third-order valence-electron chi connectivity index (χ3n) is 4.81. The monoisotopic (exact) mass is 366 g/mol. The van der Waals surface area contributed by atoms with Crippen molar-refractivity contribution in [2.75, 3.05) is 14.2 Å². The minimum Gasteiger partial charge on any atom is -0.497 e. The molecular weight excluding hydrogens is 344 g/mol. The second-order valence-corrected chi connectivity index (χ2v) is 6.68. The summed E-state index contributed by atoms with van der Waals surface area (Å²) in [5.74, 6) is 0.478. The molecule has 27 heavy (non-hydrogen) atoms. The Hall–Kier alpha value is -3.14. The van der Waals surface area contributed by atoms with Gasteiger partial charge in [0, 0.05) is 13.6 Å². The first-order valence-electron chi connectivity index (χ1n) is 8.93. The van der Waals surface area contributed by atoms with Crippen LogP contribution in [0.15, 0.2) is 29.1 Å². The van der Waals surface area contributed by atoms with E-state index in [4.69, 9.17) is 4.74 Å². The summed E-state index contributed by atoms with van der Waals surface area (Å²) in [6.45, 7) is 0.210. The van der Waals surface area contributed by atoms with Crippen LogP contribution >= 0.6 is 0 Å². The normalized spacial score (nSPS) is 12.8. The van der Waals surface area contributed by atoms with E-state index in [0.717, 1.165) is 46.5 Å². The van der Waals surface area contributed by atoms with Gasteiger partial charge < -0.3 is 9.64 Å². The summed E-state index contributed by atoms with van der Waals surface area (Å²) >= 11 is 0. The number of ether oxygens (including phenoxy) is 1. The van der Waals surface area contributed by atoms with E-state index < -0.39 is 5.56 Å². The summed E-state index contributed by atoms with van der Waals surface area (Å²) in [5, 5.41) is 13.8. The van der Waals surface area contributed by atoms with Crippen molar-refractivity contribution < 1.29 is 9.53 Å². The molecule has 1 aromatic carbocycles. The number of aryl methyl sites for hydroxylation is 1. The van der Waals surface area contributed by atoms with Gasteiger partial charge in [0.05, 0.1) is 12.8 Å². The van der Waals surface area contributed by atoms with E-state index in [1.165, 1.54) is 4.90 Å². The Bertz CT molecular complexity index is 959. The van der Waals surface area contributed by atoms with Crippen LogP contribution in [0.1, 0.15) is 35.2 Å². The molecule has 0 atom stereocenters. The molecule has 2 aromatic rings. The van der Waals surface area contributed by atoms with Gasteiger partial charge in [-0.2, -0.15) is 10.4 Å². The number of rotatable bonds is 5. The molecule has 1 heterocycles. The highest BCUT2D eigenvalue weighted by molar-refractivity contribution is 5.75. The molecule has 7 heteroatoms. The first-order chi connectivity index (χ1) is 13.0. The highest BCUT2D eigenvalue weighted by atomic mass is 16.5. The zero-order valence-electron chi connectivity index (χ0n) is 15.6. The number of fused-ring (bicyclic) bond motifs is 1. The molecular formula is C20H22N4O3. The van der Waals surface area contributed by atoms with Gasteiger partial charge in [-0.15, -0.1) is 0 Å². The van der Waals surface area contributed by atoms with Crippen molar-refractivity contribution in [3.05, 3.63) is 57.0 Å². The fourth-order valence-electron chi connectivity index (χ4n) is 3.32. The lowest BCUT2D eigenvalue weighted by Crippen LogP contribution is -2.37. The SMILES string of the molecule is COc1cccc(CN(C)C(=O)Cn2nc3c(c(C#N)c2=O)CCCC3)c1. The van der Waals surface area contributed by atoms with Crippen LogP contribution in [0.25, 0.3) is 0 Å². The van der Waals surface area contributed by atoms with Crippen molar-refractivity contribution in [2.24, 2.45) is 0 Å². The predicted molar refractivity (Wildman–Crippen MR) is 99.3 cm³/mol. The summed E-state index contributed by atoms with van der Waals surface area (Å²) < 4.78 is 6.33. The quantitative estimate of drug-likeness (QED) is 0.803. The number of carbonyl (C=O) groups is 1. The second-order valence-electron chi connectivity index (χ2n) is 6.68. The molecule has 0 spiro atoms. The molecule has 0 unspecified atom stereocenters. The highest BCUT2D eigenvalue weighted by Gasteiger charge is 2.21. The molecule has 7 nitrogen and oxygen atoms in total. The smallest absolute Gasteiger partial charge is 0.285 e. The molecule has 1 aliphatic rings. The fraction of sp³-hybridized carbons (Fsp3) is 0.400. The number of amides is 1. The summed E-state index contributed by atoms with van der Waals surface area (Å²) in [4.78, 5) is 26.7. The van der Waals surface area contributed by atoms with Crippen LogP contribution < -0.4 is 10.3 Å². The molecule has 1 amide bonds. The summed E-state index contributed by atoms with van der Waals surface area (Å²) in [5.41, 5.74) is 2.08. The Morgan fingerprint density at radius 2 is 2.15 bits per heavy atom. The van der Waals surface area contributed by atoms with Crippen LogP contribution in [0.2, 0.25) is 0 Å². The van der Waals surface area contributed by atoms with Crippen molar-refractivity contribution in [3.63, 3.8) is 0 Å². The van der Waals surface area contributed by atoms with E-state index >= 15 is 0 Å². The molecule has 1 aromatic heterocycles. The Kier molecular flexibility index (Phi) is 5.55. The molecule has 3 rings (SSSR count). The topological polar surface area (TPSA) is 88.2 Å². The lowest BCUT2D eigenvalue weighted by Gasteiger charge is -2.20. The zero-order chi connectivity index (χ0) is 19.4. The van der Waals surface area contributed by atoms with Crippen molar-refractivity contribution in [1.29, 1.82) is 5.26 Å². The molecule has 0 aliphatic heterocycles. The summed E-state index contributed by atoms with van der Waals surface area (Å²) in [6, 6.07) is 9.48. The van der Waals surface area contributed by atoms with E-state index in [-0.39, 0.29) is 18.0 Å². The van der Waals surface area contributed by atoms with Gasteiger partial charge in [0.2, 0.25) is 5.91 Å². The van der Waals surface area contributed by atoms with Gasteiger partial charge in [0.15, 0.2) is 0 Å². The Morgan fingerprint density at radius 1 is 1.37 bits per heavy atom. The lowest BCUT2D eigenvalue weighted by molar-refractivity contribution is -0.131. The molecule has 1 aliphatic carbocycles. The maximum absolute atomic E-state index is 12.6. The van der Waals surface area contributed by atoms with E-state index in [2.05, 4.69) is 5.10 Å². The number of hydrogen-bond acceptors (Lipinski definition) is 5. The van der Waals surface area contributed by atoms with Crippen LogP contribution in [0, 0.1) is 11.3 Å². The molecule has 140 valence electrons. The van der Waals surface area contributed by atoms with E-state index in [1.54, 1.807) is 14.2 Å². The molecule has 0 radical (unpaired) electrons. The van der Waals surface area contributed by atoms with E-state index in [1.807, 2.05) is 30.3 Å². The number of benzene rings is 1. The number of nitriles is 1. The maximum atomic E-state index is 12.6. The molecule has 0 bridgehead atoms. The third-order valence-corrected chi connectivity index (χ3v) is 4.81. The molecule has 0 N–H and O–H groups in total. The van der Waals surface area contributed by atoms with Crippen LogP contribution in [0.5, 0.6) is 5.75 Å². The number of hydrogen-bond donors (Lipinski definition) is 0.